The van der Waals surface area contributed by atoms with E-state index >= 15 is 0 Å². The molecule has 0 atom stereocenters. The highest BCUT2D eigenvalue weighted by molar-refractivity contribution is 9.10. The molecule has 0 bridgehead atoms. The van der Waals surface area contributed by atoms with Crippen LogP contribution in [-0.4, -0.2) is 35.9 Å². The van der Waals surface area contributed by atoms with Crippen molar-refractivity contribution in [3.63, 3.8) is 0 Å². The second-order valence-electron chi connectivity index (χ2n) is 6.29. The lowest BCUT2D eigenvalue weighted by Gasteiger charge is -2.12. The Morgan fingerprint density at radius 1 is 1.23 bits per heavy atom. The predicted molar refractivity (Wildman–Crippen MR) is 108 cm³/mol. The Kier molecular flexibility index (Phi) is 7.63. The van der Waals surface area contributed by atoms with Gasteiger partial charge >= 0.3 is 0 Å². The number of aliphatic imine (C=N–C) groups is 1. The molecule has 0 aliphatic rings. The molecule has 5 nitrogen and oxygen atoms in total. The van der Waals surface area contributed by atoms with Crippen LogP contribution in [0.3, 0.4) is 0 Å². The predicted octanol–water partition coefficient (Wildman–Crippen LogP) is 3.28. The molecule has 0 radical (unpaired) electrons. The van der Waals surface area contributed by atoms with Gasteiger partial charge in [0.15, 0.2) is 5.96 Å². The lowest BCUT2D eigenvalue weighted by molar-refractivity contribution is 0.602. The fraction of sp³-hybridized carbons (Fsp3) is 0.474. The highest BCUT2D eigenvalue weighted by Gasteiger charge is 2.09. The van der Waals surface area contributed by atoms with Gasteiger partial charge in [-0.2, -0.15) is 5.10 Å². The summed E-state index contributed by atoms with van der Waals surface area (Å²) in [4.78, 5) is 4.24. The standard InChI is InChI=1S/C19H27BrFN5/c1-13-17(14(2)26(4)25-13)9-11-24-19(22-3)23-10-5-6-15-7-8-16(20)12-18(15)21/h7-8,12H,5-6,9-11H2,1-4H3,(H2,22,23,24). The van der Waals surface area contributed by atoms with Crippen molar-refractivity contribution in [2.75, 3.05) is 20.1 Å². The summed E-state index contributed by atoms with van der Waals surface area (Å²) in [6.07, 6.45) is 2.42. The van der Waals surface area contributed by atoms with Gasteiger partial charge in [-0.3, -0.25) is 9.67 Å². The summed E-state index contributed by atoms with van der Waals surface area (Å²) in [5.74, 6) is 0.601. The Morgan fingerprint density at radius 2 is 1.96 bits per heavy atom. The van der Waals surface area contributed by atoms with Gasteiger partial charge in [-0.1, -0.05) is 22.0 Å². The molecule has 142 valence electrons. The van der Waals surface area contributed by atoms with E-state index < -0.39 is 0 Å². The molecule has 2 aromatic rings. The van der Waals surface area contributed by atoms with E-state index in [4.69, 9.17) is 0 Å². The minimum Gasteiger partial charge on any atom is -0.356 e. The van der Waals surface area contributed by atoms with E-state index in [1.165, 1.54) is 17.3 Å². The third-order valence-corrected chi connectivity index (χ3v) is 4.97. The zero-order valence-corrected chi connectivity index (χ0v) is 17.5. The molecule has 7 heteroatoms. The largest absolute Gasteiger partial charge is 0.356 e. The van der Waals surface area contributed by atoms with E-state index in [9.17, 15) is 4.39 Å². The van der Waals surface area contributed by atoms with Crippen molar-refractivity contribution in [2.45, 2.75) is 33.1 Å². The zero-order chi connectivity index (χ0) is 19.1. The van der Waals surface area contributed by atoms with Crippen molar-refractivity contribution in [2.24, 2.45) is 12.0 Å². The molecular formula is C19H27BrFN5. The van der Waals surface area contributed by atoms with E-state index in [1.807, 2.05) is 30.8 Å². The fourth-order valence-electron chi connectivity index (χ4n) is 2.92. The Morgan fingerprint density at radius 3 is 2.58 bits per heavy atom. The Balaban J connectivity index is 1.72. The molecule has 0 spiro atoms. The maximum Gasteiger partial charge on any atom is 0.190 e. The minimum atomic E-state index is -0.163. The van der Waals surface area contributed by atoms with Crippen LogP contribution in [0.2, 0.25) is 0 Å². The fourth-order valence-corrected chi connectivity index (χ4v) is 3.25. The molecule has 0 aliphatic heterocycles. The second kappa shape index (κ2) is 9.71. The van der Waals surface area contributed by atoms with Crippen molar-refractivity contribution in [1.82, 2.24) is 20.4 Å². The lowest BCUT2D eigenvalue weighted by Crippen LogP contribution is -2.38. The summed E-state index contributed by atoms with van der Waals surface area (Å²) in [6, 6.07) is 5.20. The number of aryl methyl sites for hydroxylation is 3. The molecule has 2 N–H and O–H groups in total. The number of nitrogens with one attached hydrogen (secondary N) is 2. The van der Waals surface area contributed by atoms with E-state index in [-0.39, 0.29) is 5.82 Å². The first kappa shape index (κ1) is 20.4. The second-order valence-corrected chi connectivity index (χ2v) is 7.20. The zero-order valence-electron chi connectivity index (χ0n) is 15.9. The number of hydrogen-bond donors (Lipinski definition) is 2. The van der Waals surface area contributed by atoms with Crippen LogP contribution in [0.15, 0.2) is 27.7 Å². The van der Waals surface area contributed by atoms with E-state index in [0.29, 0.717) is 6.42 Å². The molecule has 1 aromatic heterocycles. The summed E-state index contributed by atoms with van der Waals surface area (Å²) < 4.78 is 16.5. The molecular weight excluding hydrogens is 397 g/mol. The van der Waals surface area contributed by atoms with E-state index in [1.54, 1.807) is 7.05 Å². The molecule has 0 aliphatic carbocycles. The van der Waals surface area contributed by atoms with Crippen LogP contribution < -0.4 is 10.6 Å². The Hall–Kier alpha value is -1.89. The molecule has 0 saturated heterocycles. The van der Waals surface area contributed by atoms with Gasteiger partial charge in [-0.05, 0) is 56.4 Å². The first-order valence-corrected chi connectivity index (χ1v) is 9.59. The topological polar surface area (TPSA) is 54.2 Å². The lowest BCUT2D eigenvalue weighted by atomic mass is 10.1. The third kappa shape index (κ3) is 5.56. The van der Waals surface area contributed by atoms with Crippen LogP contribution in [0.4, 0.5) is 4.39 Å². The average molecular weight is 424 g/mol. The van der Waals surface area contributed by atoms with Crippen LogP contribution in [0.25, 0.3) is 0 Å². The molecule has 0 fully saturated rings. The molecule has 1 heterocycles. The van der Waals surface area contributed by atoms with Crippen molar-refractivity contribution < 1.29 is 4.39 Å². The number of hydrogen-bond acceptors (Lipinski definition) is 2. The highest BCUT2D eigenvalue weighted by Crippen LogP contribution is 2.16. The first-order chi connectivity index (χ1) is 12.4. The van der Waals surface area contributed by atoms with Crippen LogP contribution >= 0.6 is 15.9 Å². The van der Waals surface area contributed by atoms with E-state index in [0.717, 1.165) is 47.6 Å². The molecule has 0 amide bonds. The van der Waals surface area contributed by atoms with Crippen LogP contribution in [-0.2, 0) is 19.9 Å². The normalized spacial score (nSPS) is 11.7. The smallest absolute Gasteiger partial charge is 0.190 e. The van der Waals surface area contributed by atoms with Crippen LogP contribution in [0.1, 0.15) is 28.9 Å². The SMILES string of the molecule is CN=C(NCCCc1ccc(Br)cc1F)NCCc1c(C)nn(C)c1C. The minimum absolute atomic E-state index is 0.163. The maximum atomic E-state index is 13.8. The molecule has 1 aromatic carbocycles. The Bertz CT molecular complexity index is 770. The number of benzene rings is 1. The van der Waals surface area contributed by atoms with Crippen molar-refractivity contribution in [3.05, 3.63) is 51.0 Å². The summed E-state index contributed by atoms with van der Waals surface area (Å²) in [5.41, 5.74) is 4.29. The van der Waals surface area contributed by atoms with Crippen LogP contribution in [0.5, 0.6) is 0 Å². The summed E-state index contributed by atoms with van der Waals surface area (Å²) in [7, 11) is 3.72. The van der Waals surface area contributed by atoms with Gasteiger partial charge in [0.1, 0.15) is 5.82 Å². The summed E-state index contributed by atoms with van der Waals surface area (Å²) >= 11 is 3.28. The van der Waals surface area contributed by atoms with Crippen LogP contribution in [0, 0.1) is 19.7 Å². The molecule has 0 saturated carbocycles. The number of rotatable bonds is 7. The van der Waals surface area contributed by atoms with Gasteiger partial charge in [-0.25, -0.2) is 4.39 Å². The quantitative estimate of drug-likeness (QED) is 0.408. The molecule has 26 heavy (non-hydrogen) atoms. The highest BCUT2D eigenvalue weighted by atomic mass is 79.9. The molecule has 2 rings (SSSR count). The number of halogens is 2. The number of guanidine groups is 1. The Labute approximate surface area is 163 Å². The van der Waals surface area contributed by atoms with Gasteiger partial charge in [0.2, 0.25) is 0 Å². The van der Waals surface area contributed by atoms with Gasteiger partial charge in [-0.15, -0.1) is 0 Å². The van der Waals surface area contributed by atoms with Crippen molar-refractivity contribution >= 4 is 21.9 Å². The van der Waals surface area contributed by atoms with E-state index in [2.05, 4.69) is 43.6 Å². The van der Waals surface area contributed by atoms with Crippen molar-refractivity contribution in [1.29, 1.82) is 0 Å². The maximum absolute atomic E-state index is 13.8. The summed E-state index contributed by atoms with van der Waals surface area (Å²) in [5, 5.41) is 11.0. The van der Waals surface area contributed by atoms with Gasteiger partial charge in [0.25, 0.3) is 0 Å². The third-order valence-electron chi connectivity index (χ3n) is 4.48. The monoisotopic (exact) mass is 423 g/mol. The van der Waals surface area contributed by atoms with Crippen molar-refractivity contribution in [3.8, 4) is 0 Å². The average Bonchev–Trinajstić information content (AvgIpc) is 2.84. The summed E-state index contributed by atoms with van der Waals surface area (Å²) in [6.45, 7) is 5.65. The number of nitrogens with zero attached hydrogens (tertiary/aromatic N) is 3. The first-order valence-electron chi connectivity index (χ1n) is 8.80. The molecule has 0 unspecified atom stereocenters. The van der Waals surface area contributed by atoms with Gasteiger partial charge in [0.05, 0.1) is 5.69 Å². The number of aromatic nitrogens is 2. The van der Waals surface area contributed by atoms with Gasteiger partial charge < -0.3 is 10.6 Å². The van der Waals surface area contributed by atoms with Gasteiger partial charge in [0, 0.05) is 37.4 Å².